The fourth-order valence-corrected chi connectivity index (χ4v) is 5.93. The molecule has 4 rings (SSSR count). The summed E-state index contributed by atoms with van der Waals surface area (Å²) in [5, 5.41) is 13.6. The average Bonchev–Trinajstić information content (AvgIpc) is 3.45. The predicted molar refractivity (Wildman–Crippen MR) is 116 cm³/mol. The van der Waals surface area contributed by atoms with Crippen molar-refractivity contribution in [3.8, 4) is 6.07 Å². The molecule has 0 spiro atoms. The van der Waals surface area contributed by atoms with Gasteiger partial charge in [0, 0.05) is 9.75 Å². The number of ether oxygens (including phenoxy) is 1. The number of allylic oxidation sites excluding steroid dienone is 1. The minimum absolute atomic E-state index is 0.0565. The molecule has 1 aliphatic rings. The smallest absolute Gasteiger partial charge is 0.338 e. The zero-order valence-corrected chi connectivity index (χ0v) is 17.7. The Labute approximate surface area is 177 Å². The molecule has 0 saturated heterocycles. The van der Waals surface area contributed by atoms with Crippen LogP contribution < -0.4 is 20.5 Å². The van der Waals surface area contributed by atoms with Gasteiger partial charge < -0.3 is 10.5 Å². The van der Waals surface area contributed by atoms with E-state index in [0.717, 1.165) is 9.75 Å². The standard InChI is InChI=1S/C20H15N3O3S3/c1-2-26-20(25)16-15(13-6-4-8-28-13)12(10-21)17(22)23-18(24)14(29-19(16)23)9-11-5-3-7-27-11/h3-9,15H,2,22H2,1H3. The molecule has 0 aromatic carbocycles. The summed E-state index contributed by atoms with van der Waals surface area (Å²) >= 11 is 4.11. The molecule has 3 aromatic rings. The number of thiophene rings is 2. The normalized spacial score (nSPS) is 16.6. The number of esters is 1. The molecule has 9 heteroatoms. The summed E-state index contributed by atoms with van der Waals surface area (Å²) in [6.45, 7) is 1.90. The molecule has 0 bridgehead atoms. The minimum atomic E-state index is -0.660. The zero-order chi connectivity index (χ0) is 20.5. The quantitative estimate of drug-likeness (QED) is 0.625. The van der Waals surface area contributed by atoms with Crippen molar-refractivity contribution in [2.75, 3.05) is 6.61 Å². The van der Waals surface area contributed by atoms with Gasteiger partial charge >= 0.3 is 5.97 Å². The molecule has 1 unspecified atom stereocenters. The summed E-state index contributed by atoms with van der Waals surface area (Å²) in [5.74, 6) is -1.16. The number of hydrogen-bond acceptors (Lipinski definition) is 8. The van der Waals surface area contributed by atoms with Gasteiger partial charge in [-0.05, 0) is 35.9 Å². The SMILES string of the molecule is CCOC(=O)C1=c2sc(=Cc3cccs3)c(=O)n2C(N)=C(C#N)C1c1cccs1. The summed E-state index contributed by atoms with van der Waals surface area (Å²) in [6, 6.07) is 9.60. The second-order valence-electron chi connectivity index (χ2n) is 6.07. The Hall–Kier alpha value is -2.93. The highest BCUT2D eigenvalue weighted by Gasteiger charge is 2.36. The highest BCUT2D eigenvalue weighted by atomic mass is 32.1. The van der Waals surface area contributed by atoms with Gasteiger partial charge in [0.1, 0.15) is 10.5 Å². The predicted octanol–water partition coefficient (Wildman–Crippen LogP) is 2.02. The van der Waals surface area contributed by atoms with Gasteiger partial charge in [-0.15, -0.1) is 34.0 Å². The number of aromatic nitrogens is 1. The minimum Gasteiger partial charge on any atom is -0.463 e. The van der Waals surface area contributed by atoms with Crippen molar-refractivity contribution >= 4 is 57.4 Å². The fourth-order valence-electron chi connectivity index (χ4n) is 3.20. The van der Waals surface area contributed by atoms with Gasteiger partial charge in [0.05, 0.1) is 34.3 Å². The molecule has 3 aromatic heterocycles. The van der Waals surface area contributed by atoms with Crippen LogP contribution >= 0.6 is 34.0 Å². The number of thiazole rings is 1. The van der Waals surface area contributed by atoms with Crippen molar-refractivity contribution in [1.82, 2.24) is 4.57 Å². The first-order valence-corrected chi connectivity index (χ1v) is 11.3. The van der Waals surface area contributed by atoms with Crippen molar-refractivity contribution in [2.45, 2.75) is 12.8 Å². The number of nitrogens with zero attached hydrogens (tertiary/aromatic N) is 2. The highest BCUT2D eigenvalue weighted by molar-refractivity contribution is 7.11. The number of fused-ring (bicyclic) bond motifs is 1. The topological polar surface area (TPSA) is 98.1 Å². The van der Waals surface area contributed by atoms with Crippen LogP contribution in [0.15, 0.2) is 45.4 Å². The Morgan fingerprint density at radius 2 is 2.10 bits per heavy atom. The van der Waals surface area contributed by atoms with Crippen molar-refractivity contribution in [2.24, 2.45) is 5.73 Å². The third kappa shape index (κ3) is 3.25. The average molecular weight is 442 g/mol. The Morgan fingerprint density at radius 3 is 2.72 bits per heavy atom. The second kappa shape index (κ2) is 7.83. The third-order valence-corrected chi connectivity index (χ3v) is 7.27. The van der Waals surface area contributed by atoms with E-state index >= 15 is 0 Å². The van der Waals surface area contributed by atoms with Gasteiger partial charge in [0.25, 0.3) is 5.56 Å². The monoisotopic (exact) mass is 441 g/mol. The Morgan fingerprint density at radius 1 is 1.34 bits per heavy atom. The highest BCUT2D eigenvalue weighted by Crippen LogP contribution is 2.38. The maximum atomic E-state index is 13.1. The van der Waals surface area contributed by atoms with Gasteiger partial charge in [0.15, 0.2) is 0 Å². The maximum Gasteiger partial charge on any atom is 0.338 e. The number of carbonyl (C=O) groups is 1. The van der Waals surface area contributed by atoms with Crippen molar-refractivity contribution < 1.29 is 9.53 Å². The lowest BCUT2D eigenvalue weighted by Gasteiger charge is -2.23. The van der Waals surface area contributed by atoms with E-state index in [-0.39, 0.29) is 29.1 Å². The Bertz CT molecular complexity index is 1320. The summed E-state index contributed by atoms with van der Waals surface area (Å²) < 4.78 is 7.40. The van der Waals surface area contributed by atoms with E-state index < -0.39 is 11.9 Å². The van der Waals surface area contributed by atoms with E-state index in [2.05, 4.69) is 6.07 Å². The van der Waals surface area contributed by atoms with Gasteiger partial charge in [-0.2, -0.15) is 5.26 Å². The molecule has 2 N–H and O–H groups in total. The molecule has 0 amide bonds. The third-order valence-electron chi connectivity index (χ3n) is 4.41. The number of nitrogens with two attached hydrogens (primary N) is 1. The van der Waals surface area contributed by atoms with Crippen LogP contribution in [0.1, 0.15) is 22.6 Å². The van der Waals surface area contributed by atoms with Crippen molar-refractivity contribution in [1.29, 1.82) is 5.26 Å². The molecule has 4 heterocycles. The lowest BCUT2D eigenvalue weighted by Crippen LogP contribution is -2.40. The molecular formula is C20H15N3O3S3. The van der Waals surface area contributed by atoms with Crippen molar-refractivity contribution in [3.05, 3.63) is 69.9 Å². The number of hydrogen-bond donors (Lipinski definition) is 1. The van der Waals surface area contributed by atoms with Crippen LogP contribution in [-0.4, -0.2) is 17.1 Å². The lowest BCUT2D eigenvalue weighted by molar-refractivity contribution is -0.136. The summed E-state index contributed by atoms with van der Waals surface area (Å²) in [4.78, 5) is 27.7. The largest absolute Gasteiger partial charge is 0.463 e. The van der Waals surface area contributed by atoms with Crippen LogP contribution in [0, 0.1) is 11.3 Å². The van der Waals surface area contributed by atoms with Crippen LogP contribution in [0.5, 0.6) is 0 Å². The van der Waals surface area contributed by atoms with E-state index in [4.69, 9.17) is 10.5 Å². The van der Waals surface area contributed by atoms with Gasteiger partial charge in [-0.1, -0.05) is 12.1 Å². The molecule has 29 heavy (non-hydrogen) atoms. The molecule has 1 atom stereocenters. The van der Waals surface area contributed by atoms with Gasteiger partial charge in [-0.3, -0.25) is 9.36 Å². The number of rotatable bonds is 4. The maximum absolute atomic E-state index is 13.1. The lowest BCUT2D eigenvalue weighted by atomic mass is 9.88. The zero-order valence-electron chi connectivity index (χ0n) is 15.2. The van der Waals surface area contributed by atoms with E-state index in [1.807, 2.05) is 35.0 Å². The first-order valence-electron chi connectivity index (χ1n) is 8.68. The summed E-state index contributed by atoms with van der Waals surface area (Å²) in [5.41, 5.74) is 6.37. The molecule has 6 nitrogen and oxygen atoms in total. The van der Waals surface area contributed by atoms with Crippen LogP contribution in [-0.2, 0) is 9.53 Å². The number of carbonyl (C=O) groups excluding carboxylic acids is 1. The molecule has 0 radical (unpaired) electrons. The molecule has 0 fully saturated rings. The van der Waals surface area contributed by atoms with Crippen LogP contribution in [0.3, 0.4) is 0 Å². The number of nitriles is 1. The first kappa shape index (κ1) is 19.4. The van der Waals surface area contributed by atoms with Gasteiger partial charge in [0.2, 0.25) is 0 Å². The summed E-state index contributed by atoms with van der Waals surface area (Å²) in [7, 11) is 0. The fraction of sp³-hybridized carbons (Fsp3) is 0.150. The molecule has 0 saturated carbocycles. The molecular weight excluding hydrogens is 426 g/mol. The Balaban J connectivity index is 2.11. The second-order valence-corrected chi connectivity index (χ2v) is 9.05. The van der Waals surface area contributed by atoms with Crippen LogP contribution in [0.25, 0.3) is 17.5 Å². The Kier molecular flexibility index (Phi) is 5.24. The van der Waals surface area contributed by atoms with Crippen LogP contribution in [0.2, 0.25) is 0 Å². The molecule has 1 aliphatic heterocycles. The van der Waals surface area contributed by atoms with Crippen LogP contribution in [0.4, 0.5) is 0 Å². The van der Waals surface area contributed by atoms with E-state index in [9.17, 15) is 14.9 Å². The summed E-state index contributed by atoms with van der Waals surface area (Å²) in [6.07, 6.45) is 1.77. The first-order chi connectivity index (χ1) is 14.1. The van der Waals surface area contributed by atoms with Gasteiger partial charge in [-0.25, -0.2) is 4.79 Å². The molecule has 146 valence electrons. The van der Waals surface area contributed by atoms with E-state index in [0.29, 0.717) is 9.20 Å². The van der Waals surface area contributed by atoms with Crippen molar-refractivity contribution in [3.63, 3.8) is 0 Å². The van der Waals surface area contributed by atoms with E-state index in [1.165, 1.54) is 38.6 Å². The van der Waals surface area contributed by atoms with E-state index in [1.54, 1.807) is 13.0 Å². The molecule has 0 aliphatic carbocycles.